The highest BCUT2D eigenvalue weighted by Crippen LogP contribution is 2.22. The molecule has 1 N–H and O–H groups in total. The fourth-order valence-electron chi connectivity index (χ4n) is 3.16. The van der Waals surface area contributed by atoms with Gasteiger partial charge in [-0.15, -0.1) is 0 Å². The highest BCUT2D eigenvalue weighted by atomic mass is 16.6. The van der Waals surface area contributed by atoms with Crippen LogP contribution in [0.2, 0.25) is 0 Å². The van der Waals surface area contributed by atoms with Gasteiger partial charge < -0.3 is 19.7 Å². The molecule has 1 heterocycles. The van der Waals surface area contributed by atoms with Crippen molar-refractivity contribution in [3.8, 4) is 0 Å². The summed E-state index contributed by atoms with van der Waals surface area (Å²) in [5.41, 5.74) is 0.256. The average molecular weight is 390 g/mol. The van der Waals surface area contributed by atoms with Gasteiger partial charge in [0.25, 0.3) is 0 Å². The van der Waals surface area contributed by atoms with E-state index in [2.05, 4.69) is 5.32 Å². The van der Waals surface area contributed by atoms with Gasteiger partial charge >= 0.3 is 12.1 Å². The van der Waals surface area contributed by atoms with Crippen molar-refractivity contribution in [1.82, 2.24) is 10.2 Å². The van der Waals surface area contributed by atoms with Gasteiger partial charge in [-0.25, -0.2) is 4.79 Å². The van der Waals surface area contributed by atoms with Gasteiger partial charge in [0.2, 0.25) is 5.91 Å². The number of nitrogens with zero attached hydrogens (tertiary/aromatic N) is 1. The van der Waals surface area contributed by atoms with E-state index in [4.69, 9.17) is 9.47 Å². The Labute approximate surface area is 166 Å². The summed E-state index contributed by atoms with van der Waals surface area (Å²) in [7, 11) is 1.33. The van der Waals surface area contributed by atoms with Crippen molar-refractivity contribution in [2.45, 2.75) is 51.7 Å². The van der Waals surface area contributed by atoms with Crippen LogP contribution in [0.15, 0.2) is 30.3 Å². The minimum Gasteiger partial charge on any atom is -0.469 e. The fourth-order valence-corrected chi connectivity index (χ4v) is 3.16. The Hall–Kier alpha value is -2.57. The van der Waals surface area contributed by atoms with Gasteiger partial charge in [0.1, 0.15) is 5.60 Å². The van der Waals surface area contributed by atoms with E-state index in [1.807, 2.05) is 51.1 Å². The number of methoxy groups -OCH3 is 1. The minimum atomic E-state index is -0.578. The van der Waals surface area contributed by atoms with Gasteiger partial charge in [-0.05, 0) is 39.2 Å². The van der Waals surface area contributed by atoms with Gasteiger partial charge in [0.15, 0.2) is 0 Å². The van der Waals surface area contributed by atoms with Crippen LogP contribution in [0.25, 0.3) is 0 Å². The maximum Gasteiger partial charge on any atom is 0.410 e. The first-order chi connectivity index (χ1) is 13.2. The monoisotopic (exact) mass is 390 g/mol. The maximum atomic E-state index is 12.9. The minimum absolute atomic E-state index is 0.0504. The van der Waals surface area contributed by atoms with Crippen LogP contribution >= 0.6 is 0 Å². The second-order valence-electron chi connectivity index (χ2n) is 8.02. The lowest BCUT2D eigenvalue weighted by molar-refractivity contribution is -0.141. The highest BCUT2D eigenvalue weighted by molar-refractivity contribution is 5.81. The number of nitrogens with one attached hydrogen (secondary N) is 1. The molecule has 1 aromatic rings. The third-order valence-electron chi connectivity index (χ3n) is 4.56. The molecule has 0 aromatic heterocycles. The summed E-state index contributed by atoms with van der Waals surface area (Å²) in [6.45, 7) is 6.33. The summed E-state index contributed by atoms with van der Waals surface area (Å²) in [4.78, 5) is 38.5. The lowest BCUT2D eigenvalue weighted by atomic mass is 9.96. The Balaban J connectivity index is 2.03. The SMILES string of the molecule is COC(=O)CC(NC(=O)C1CCCN(C(=O)OC(C)(C)C)C1)c1ccccc1. The molecule has 0 aliphatic carbocycles. The van der Waals surface area contributed by atoms with Crippen molar-refractivity contribution in [3.63, 3.8) is 0 Å². The molecule has 1 saturated heterocycles. The first-order valence-electron chi connectivity index (χ1n) is 9.59. The number of esters is 1. The van der Waals surface area contributed by atoms with E-state index in [-0.39, 0.29) is 18.2 Å². The van der Waals surface area contributed by atoms with E-state index in [9.17, 15) is 14.4 Å². The predicted octanol–water partition coefficient (Wildman–Crippen LogP) is 3.05. The number of likely N-dealkylation sites (tertiary alicyclic amines) is 1. The molecule has 0 bridgehead atoms. The number of rotatable bonds is 5. The number of benzene rings is 1. The number of piperidine rings is 1. The van der Waals surface area contributed by atoms with Crippen LogP contribution in [0.5, 0.6) is 0 Å². The summed E-state index contributed by atoms with van der Waals surface area (Å²) in [5, 5.41) is 2.96. The van der Waals surface area contributed by atoms with Crippen molar-refractivity contribution in [2.75, 3.05) is 20.2 Å². The lowest BCUT2D eigenvalue weighted by Crippen LogP contribution is -2.47. The van der Waals surface area contributed by atoms with Crippen molar-refractivity contribution in [1.29, 1.82) is 0 Å². The molecule has 1 aliphatic heterocycles. The van der Waals surface area contributed by atoms with Crippen LogP contribution in [0, 0.1) is 5.92 Å². The van der Waals surface area contributed by atoms with Crippen molar-refractivity contribution in [2.24, 2.45) is 5.92 Å². The Morgan fingerprint density at radius 3 is 2.50 bits per heavy atom. The fraction of sp³-hybridized carbons (Fsp3) is 0.571. The molecule has 28 heavy (non-hydrogen) atoms. The van der Waals surface area contributed by atoms with E-state index in [0.29, 0.717) is 19.5 Å². The molecule has 2 unspecified atom stereocenters. The predicted molar refractivity (Wildman–Crippen MR) is 104 cm³/mol. The Morgan fingerprint density at radius 2 is 1.89 bits per heavy atom. The van der Waals surface area contributed by atoms with Gasteiger partial charge in [-0.1, -0.05) is 30.3 Å². The molecule has 1 fully saturated rings. The number of hydrogen-bond donors (Lipinski definition) is 1. The molecule has 2 rings (SSSR count). The topological polar surface area (TPSA) is 84.9 Å². The number of ether oxygens (including phenoxy) is 2. The highest BCUT2D eigenvalue weighted by Gasteiger charge is 2.32. The molecular formula is C21H30N2O5. The summed E-state index contributed by atoms with van der Waals surface area (Å²) in [6.07, 6.45) is 1.06. The number of carbonyl (C=O) groups is 3. The molecule has 2 atom stereocenters. The van der Waals surface area contributed by atoms with Gasteiger partial charge in [-0.3, -0.25) is 9.59 Å². The third-order valence-corrected chi connectivity index (χ3v) is 4.56. The zero-order valence-electron chi connectivity index (χ0n) is 17.1. The second kappa shape index (κ2) is 9.57. The molecule has 7 nitrogen and oxygen atoms in total. The largest absolute Gasteiger partial charge is 0.469 e. The molecule has 1 aliphatic rings. The third kappa shape index (κ3) is 6.55. The van der Waals surface area contributed by atoms with E-state index < -0.39 is 23.7 Å². The van der Waals surface area contributed by atoms with Crippen molar-refractivity contribution >= 4 is 18.0 Å². The molecule has 154 valence electrons. The molecule has 0 spiro atoms. The van der Waals surface area contributed by atoms with Crippen LogP contribution in [0.4, 0.5) is 4.79 Å². The van der Waals surface area contributed by atoms with Crippen LogP contribution in [0.1, 0.15) is 51.6 Å². The van der Waals surface area contributed by atoms with Gasteiger partial charge in [0, 0.05) is 13.1 Å². The smallest absolute Gasteiger partial charge is 0.410 e. The molecule has 0 saturated carbocycles. The normalized spacial score (nSPS) is 18.1. The molecule has 7 heteroatoms. The summed E-state index contributed by atoms with van der Waals surface area (Å²) in [6, 6.07) is 8.84. The Kier molecular flexibility index (Phi) is 7.43. The van der Waals surface area contributed by atoms with Crippen molar-refractivity contribution < 1.29 is 23.9 Å². The van der Waals surface area contributed by atoms with E-state index in [1.54, 1.807) is 4.90 Å². The Bertz CT molecular complexity index is 684. The first-order valence-corrected chi connectivity index (χ1v) is 9.59. The number of hydrogen-bond acceptors (Lipinski definition) is 5. The van der Waals surface area contributed by atoms with Crippen LogP contribution < -0.4 is 5.32 Å². The van der Waals surface area contributed by atoms with Crippen LogP contribution in [0.3, 0.4) is 0 Å². The van der Waals surface area contributed by atoms with E-state index in [0.717, 1.165) is 12.0 Å². The first kappa shape index (κ1) is 21.7. The summed E-state index contributed by atoms with van der Waals surface area (Å²) < 4.78 is 10.2. The molecular weight excluding hydrogens is 360 g/mol. The summed E-state index contributed by atoms with van der Waals surface area (Å²) in [5.74, 6) is -0.913. The lowest BCUT2D eigenvalue weighted by Gasteiger charge is -2.34. The summed E-state index contributed by atoms with van der Waals surface area (Å²) >= 11 is 0. The quantitative estimate of drug-likeness (QED) is 0.781. The van der Waals surface area contributed by atoms with E-state index >= 15 is 0 Å². The zero-order chi connectivity index (χ0) is 20.7. The molecule has 2 amide bonds. The van der Waals surface area contributed by atoms with Gasteiger partial charge in [-0.2, -0.15) is 0 Å². The maximum absolute atomic E-state index is 12.9. The van der Waals surface area contributed by atoms with Crippen LogP contribution in [-0.2, 0) is 19.1 Å². The van der Waals surface area contributed by atoms with Crippen molar-refractivity contribution in [3.05, 3.63) is 35.9 Å². The Morgan fingerprint density at radius 1 is 1.21 bits per heavy atom. The molecule has 0 radical (unpaired) electrons. The average Bonchev–Trinajstić information content (AvgIpc) is 2.66. The number of amides is 2. The standard InChI is InChI=1S/C21H30N2O5/c1-21(2,3)28-20(26)23-12-8-11-16(14-23)19(25)22-17(13-18(24)27-4)15-9-6-5-7-10-15/h5-7,9-10,16-17H,8,11-14H2,1-4H3,(H,22,25). The molecule has 1 aromatic carbocycles. The van der Waals surface area contributed by atoms with E-state index in [1.165, 1.54) is 7.11 Å². The van der Waals surface area contributed by atoms with Crippen LogP contribution in [-0.4, -0.2) is 48.7 Å². The number of carbonyl (C=O) groups excluding carboxylic acids is 3. The van der Waals surface area contributed by atoms with Gasteiger partial charge in [0.05, 0.1) is 25.5 Å². The second-order valence-corrected chi connectivity index (χ2v) is 8.02. The zero-order valence-corrected chi connectivity index (χ0v) is 17.1.